The first-order valence-corrected chi connectivity index (χ1v) is 10.8. The van der Waals surface area contributed by atoms with Gasteiger partial charge in [0.25, 0.3) is 5.91 Å². The molecule has 1 fully saturated rings. The van der Waals surface area contributed by atoms with Gasteiger partial charge in [0.05, 0.1) is 10.6 Å². The van der Waals surface area contributed by atoms with E-state index in [1.165, 1.54) is 16.8 Å². The minimum absolute atomic E-state index is 0.0269. The summed E-state index contributed by atoms with van der Waals surface area (Å²) in [5, 5.41) is 3.28. The Hall–Kier alpha value is -2.53. The van der Waals surface area contributed by atoms with E-state index in [4.69, 9.17) is 11.6 Å². The van der Waals surface area contributed by atoms with Gasteiger partial charge in [-0.1, -0.05) is 49.7 Å². The topological polar surface area (TPSA) is 52.6 Å². The van der Waals surface area contributed by atoms with Crippen molar-refractivity contribution in [1.29, 1.82) is 0 Å². The second-order valence-corrected chi connectivity index (χ2v) is 8.61. The zero-order valence-corrected chi connectivity index (χ0v) is 18.9. The number of hydrogen-bond donors (Lipinski definition) is 1. The maximum absolute atomic E-state index is 13.2. The maximum Gasteiger partial charge on any atom is 0.253 e. The normalized spacial score (nSPS) is 15.3. The Kier molecular flexibility index (Phi) is 7.03. The van der Waals surface area contributed by atoms with Crippen molar-refractivity contribution < 1.29 is 9.59 Å². The third-order valence-corrected chi connectivity index (χ3v) is 6.18. The summed E-state index contributed by atoms with van der Waals surface area (Å²) in [5.74, 6) is -0.381. The molecule has 1 unspecified atom stereocenters. The molecule has 0 aliphatic carbocycles. The summed E-state index contributed by atoms with van der Waals surface area (Å²) >= 11 is 6.15. The third-order valence-electron chi connectivity index (χ3n) is 5.85. The van der Waals surface area contributed by atoms with Crippen molar-refractivity contribution in [3.63, 3.8) is 0 Å². The Morgan fingerprint density at radius 2 is 1.63 bits per heavy atom. The number of rotatable bonds is 5. The van der Waals surface area contributed by atoms with Gasteiger partial charge >= 0.3 is 0 Å². The lowest BCUT2D eigenvalue weighted by Gasteiger charge is -2.39. The molecule has 0 saturated carbocycles. The number of carbonyl (C=O) groups excluding carboxylic acids is 2. The zero-order valence-electron chi connectivity index (χ0n) is 18.1. The van der Waals surface area contributed by atoms with Crippen LogP contribution in [-0.2, 0) is 4.79 Å². The Bertz CT molecular complexity index is 920. The van der Waals surface area contributed by atoms with Crippen molar-refractivity contribution in [1.82, 2.24) is 10.2 Å². The van der Waals surface area contributed by atoms with E-state index in [0.717, 1.165) is 13.1 Å². The molecule has 1 aliphatic heterocycles. The van der Waals surface area contributed by atoms with Gasteiger partial charge in [0.2, 0.25) is 5.91 Å². The fraction of sp³-hybridized carbons (Fsp3) is 0.417. The van der Waals surface area contributed by atoms with Crippen LogP contribution in [0.2, 0.25) is 5.02 Å². The molecule has 5 nitrogen and oxygen atoms in total. The zero-order chi connectivity index (χ0) is 21.8. The van der Waals surface area contributed by atoms with Crippen molar-refractivity contribution in [3.8, 4) is 0 Å². The molecular formula is C24H30ClN3O2. The molecule has 0 spiro atoms. The maximum atomic E-state index is 13.2. The first kappa shape index (κ1) is 22.2. The van der Waals surface area contributed by atoms with E-state index in [0.29, 0.717) is 23.7 Å². The van der Waals surface area contributed by atoms with E-state index in [-0.39, 0.29) is 17.7 Å². The summed E-state index contributed by atoms with van der Waals surface area (Å²) < 4.78 is 0. The minimum atomic E-state index is -0.582. The van der Waals surface area contributed by atoms with Gasteiger partial charge in [0, 0.05) is 31.9 Å². The summed E-state index contributed by atoms with van der Waals surface area (Å²) in [6, 6.07) is 12.6. The minimum Gasteiger partial charge on any atom is -0.368 e. The number of anilines is 1. The van der Waals surface area contributed by atoms with Gasteiger partial charge in [-0.15, -0.1) is 0 Å². The van der Waals surface area contributed by atoms with E-state index in [1.807, 2.05) is 18.7 Å². The lowest BCUT2D eigenvalue weighted by atomic mass is 10.0. The first-order valence-electron chi connectivity index (χ1n) is 10.4. The number of benzene rings is 2. The Morgan fingerprint density at radius 3 is 2.27 bits per heavy atom. The fourth-order valence-electron chi connectivity index (χ4n) is 3.82. The van der Waals surface area contributed by atoms with Crippen LogP contribution in [0.5, 0.6) is 0 Å². The molecule has 0 bridgehead atoms. The highest BCUT2D eigenvalue weighted by Crippen LogP contribution is 2.24. The summed E-state index contributed by atoms with van der Waals surface area (Å²) in [6.45, 7) is 11.0. The van der Waals surface area contributed by atoms with E-state index in [9.17, 15) is 9.59 Å². The van der Waals surface area contributed by atoms with Crippen molar-refractivity contribution in [3.05, 3.63) is 64.2 Å². The Balaban J connectivity index is 1.66. The average molecular weight is 428 g/mol. The van der Waals surface area contributed by atoms with Crippen molar-refractivity contribution in [2.45, 2.75) is 33.7 Å². The molecule has 160 valence electrons. The van der Waals surface area contributed by atoms with E-state index in [2.05, 4.69) is 42.3 Å². The van der Waals surface area contributed by atoms with Crippen molar-refractivity contribution in [2.75, 3.05) is 31.1 Å². The number of carbonyl (C=O) groups is 2. The third kappa shape index (κ3) is 4.78. The van der Waals surface area contributed by atoms with Gasteiger partial charge in [0.1, 0.15) is 6.04 Å². The second-order valence-electron chi connectivity index (χ2n) is 8.21. The van der Waals surface area contributed by atoms with Crippen LogP contribution >= 0.6 is 11.6 Å². The van der Waals surface area contributed by atoms with Gasteiger partial charge in [-0.25, -0.2) is 0 Å². The highest BCUT2D eigenvalue weighted by molar-refractivity contribution is 6.33. The summed E-state index contributed by atoms with van der Waals surface area (Å²) in [4.78, 5) is 30.1. The number of halogens is 1. The molecule has 3 rings (SSSR count). The fourth-order valence-corrected chi connectivity index (χ4v) is 4.04. The number of hydrogen-bond acceptors (Lipinski definition) is 3. The van der Waals surface area contributed by atoms with E-state index >= 15 is 0 Å². The van der Waals surface area contributed by atoms with Gasteiger partial charge in [-0.2, -0.15) is 0 Å². The second kappa shape index (κ2) is 9.52. The Labute approximate surface area is 184 Å². The lowest BCUT2D eigenvalue weighted by molar-refractivity contribution is -0.134. The highest BCUT2D eigenvalue weighted by atomic mass is 35.5. The van der Waals surface area contributed by atoms with Crippen LogP contribution in [0.4, 0.5) is 5.69 Å². The van der Waals surface area contributed by atoms with Crippen LogP contribution in [0.3, 0.4) is 0 Å². The van der Waals surface area contributed by atoms with Crippen LogP contribution in [0.25, 0.3) is 0 Å². The van der Waals surface area contributed by atoms with Crippen LogP contribution in [0.15, 0.2) is 42.5 Å². The standard InChI is InChI=1S/C24H30ClN3O2/c1-16(2)22(26-23(29)19-9-5-6-10-20(19)25)24(30)28-14-12-27(13-15-28)21-11-7-8-17(3)18(21)4/h5-11,16,22H,12-15H2,1-4H3,(H,26,29). The number of nitrogens with one attached hydrogen (secondary N) is 1. The molecular weight excluding hydrogens is 398 g/mol. The summed E-state index contributed by atoms with van der Waals surface area (Å²) in [6.07, 6.45) is 0. The van der Waals surface area contributed by atoms with Crippen LogP contribution in [-0.4, -0.2) is 48.9 Å². The summed E-state index contributed by atoms with van der Waals surface area (Å²) in [5.41, 5.74) is 4.17. The largest absolute Gasteiger partial charge is 0.368 e. The monoisotopic (exact) mass is 427 g/mol. The molecule has 1 saturated heterocycles. The van der Waals surface area contributed by atoms with Gasteiger partial charge in [0.15, 0.2) is 0 Å². The molecule has 2 aromatic carbocycles. The molecule has 1 N–H and O–H groups in total. The average Bonchev–Trinajstić information content (AvgIpc) is 2.73. The van der Waals surface area contributed by atoms with Gasteiger partial charge < -0.3 is 15.1 Å². The number of amides is 2. The molecule has 0 radical (unpaired) electrons. The summed E-state index contributed by atoms with van der Waals surface area (Å²) in [7, 11) is 0. The number of aryl methyl sites for hydroxylation is 1. The molecule has 1 atom stereocenters. The Morgan fingerprint density at radius 1 is 0.967 bits per heavy atom. The highest BCUT2D eigenvalue weighted by Gasteiger charge is 2.31. The lowest BCUT2D eigenvalue weighted by Crippen LogP contribution is -2.56. The smallest absolute Gasteiger partial charge is 0.253 e. The van der Waals surface area contributed by atoms with E-state index < -0.39 is 6.04 Å². The van der Waals surface area contributed by atoms with Gasteiger partial charge in [-0.3, -0.25) is 9.59 Å². The predicted molar refractivity (Wildman–Crippen MR) is 122 cm³/mol. The van der Waals surface area contributed by atoms with Crippen LogP contribution in [0, 0.1) is 19.8 Å². The molecule has 2 aromatic rings. The van der Waals surface area contributed by atoms with Crippen LogP contribution < -0.4 is 10.2 Å². The number of piperazine rings is 1. The predicted octanol–water partition coefficient (Wildman–Crippen LogP) is 4.06. The number of nitrogens with zero attached hydrogens (tertiary/aromatic N) is 2. The molecule has 0 aromatic heterocycles. The molecule has 2 amide bonds. The van der Waals surface area contributed by atoms with Gasteiger partial charge in [-0.05, 0) is 49.1 Å². The quantitative estimate of drug-likeness (QED) is 0.782. The van der Waals surface area contributed by atoms with Crippen molar-refractivity contribution >= 4 is 29.1 Å². The first-order chi connectivity index (χ1) is 14.3. The van der Waals surface area contributed by atoms with E-state index in [1.54, 1.807) is 24.3 Å². The molecule has 6 heteroatoms. The molecule has 1 aliphatic rings. The van der Waals surface area contributed by atoms with Crippen LogP contribution in [0.1, 0.15) is 35.3 Å². The SMILES string of the molecule is Cc1cccc(N2CCN(C(=O)C(NC(=O)c3ccccc3Cl)C(C)C)CC2)c1C. The van der Waals surface area contributed by atoms with Crippen molar-refractivity contribution in [2.24, 2.45) is 5.92 Å². The molecule has 30 heavy (non-hydrogen) atoms. The molecule has 1 heterocycles.